The summed E-state index contributed by atoms with van der Waals surface area (Å²) < 4.78 is 28.9. The lowest BCUT2D eigenvalue weighted by Gasteiger charge is -2.25. The smallest absolute Gasteiger partial charge is 0.260 e. The normalized spacial score (nSPS) is 12.9. The lowest BCUT2D eigenvalue weighted by molar-refractivity contribution is 0.507. The highest BCUT2D eigenvalue weighted by Gasteiger charge is 2.30. The van der Waals surface area contributed by atoms with Crippen LogP contribution in [0.2, 0.25) is 0 Å². The Hall–Kier alpha value is 0.0800. The Kier molecular flexibility index (Phi) is 5.40. The summed E-state index contributed by atoms with van der Waals surface area (Å²) in [6.45, 7) is 6.25. The van der Waals surface area contributed by atoms with E-state index in [4.69, 9.17) is 0 Å². The minimum Gasteiger partial charge on any atom is -0.334 e. The van der Waals surface area contributed by atoms with Crippen molar-refractivity contribution in [1.82, 2.24) is 14.3 Å². The van der Waals surface area contributed by atoms with Crippen LogP contribution in [0, 0.1) is 6.92 Å². The van der Waals surface area contributed by atoms with Crippen LogP contribution in [0.1, 0.15) is 19.7 Å². The van der Waals surface area contributed by atoms with Gasteiger partial charge in [-0.2, -0.15) is 0 Å². The Morgan fingerprint density at radius 1 is 1.44 bits per heavy atom. The summed E-state index contributed by atoms with van der Waals surface area (Å²) in [7, 11) is -3.60. The number of aryl methyl sites for hydroxylation is 2. The van der Waals surface area contributed by atoms with E-state index in [9.17, 15) is 8.42 Å². The van der Waals surface area contributed by atoms with Crippen LogP contribution in [0.5, 0.6) is 0 Å². The zero-order chi connectivity index (χ0) is 14.0. The Labute approximate surface area is 125 Å². The molecule has 0 bridgehead atoms. The molecule has 104 valence electrons. The van der Waals surface area contributed by atoms with Crippen LogP contribution in [0.3, 0.4) is 0 Å². The number of rotatable bonds is 6. The number of halogens is 2. The van der Waals surface area contributed by atoms with Crippen molar-refractivity contribution in [2.75, 3.05) is 10.7 Å². The van der Waals surface area contributed by atoms with Crippen molar-refractivity contribution in [3.8, 4) is 0 Å². The van der Waals surface area contributed by atoms with Crippen LogP contribution in [-0.4, -0.2) is 34.2 Å². The average molecular weight is 403 g/mol. The molecule has 0 spiro atoms. The number of nitrogens with zero attached hydrogens (tertiary/aromatic N) is 2. The molecule has 0 fully saturated rings. The molecular weight excluding hydrogens is 386 g/mol. The number of hydrogen-bond acceptors (Lipinski definition) is 3. The van der Waals surface area contributed by atoms with Gasteiger partial charge in [0.05, 0.1) is 0 Å². The second-order valence-corrected chi connectivity index (χ2v) is 7.10. The molecule has 0 aromatic carbocycles. The first kappa shape index (κ1) is 16.1. The van der Waals surface area contributed by atoms with Gasteiger partial charge in [-0.1, -0.05) is 31.9 Å². The van der Waals surface area contributed by atoms with Gasteiger partial charge in [0, 0.05) is 28.9 Å². The van der Waals surface area contributed by atoms with Crippen LogP contribution >= 0.6 is 31.9 Å². The van der Waals surface area contributed by atoms with Gasteiger partial charge >= 0.3 is 0 Å². The fraction of sp³-hybridized carbons (Fsp3) is 0.700. The summed E-state index contributed by atoms with van der Waals surface area (Å²) in [4.78, 5) is 4.09. The molecule has 0 unspecified atom stereocenters. The minimum absolute atomic E-state index is 0.0648. The third-order valence-corrected chi connectivity index (χ3v) is 6.52. The second kappa shape index (κ2) is 6.02. The van der Waals surface area contributed by atoms with Crippen molar-refractivity contribution < 1.29 is 8.42 Å². The van der Waals surface area contributed by atoms with Gasteiger partial charge in [0.25, 0.3) is 10.0 Å². The van der Waals surface area contributed by atoms with Crippen molar-refractivity contribution in [3.63, 3.8) is 0 Å². The van der Waals surface area contributed by atoms with Crippen LogP contribution in [-0.2, 0) is 16.6 Å². The Morgan fingerprint density at radius 3 is 2.39 bits per heavy atom. The topological polar surface area (TPSA) is 64.0 Å². The van der Waals surface area contributed by atoms with E-state index in [1.807, 2.05) is 13.8 Å². The molecule has 0 aliphatic heterocycles. The van der Waals surface area contributed by atoms with E-state index in [1.54, 1.807) is 17.7 Å². The first-order valence-electron chi connectivity index (χ1n) is 5.47. The predicted molar refractivity (Wildman–Crippen MR) is 79.0 cm³/mol. The number of alkyl halides is 2. The molecule has 0 saturated carbocycles. The number of imidazole rings is 1. The van der Waals surface area contributed by atoms with Crippen LogP contribution < -0.4 is 4.72 Å². The molecule has 1 N–H and O–H groups in total. The fourth-order valence-corrected chi connectivity index (χ4v) is 4.39. The highest BCUT2D eigenvalue weighted by atomic mass is 79.9. The fourth-order valence-electron chi connectivity index (χ4n) is 1.40. The molecule has 18 heavy (non-hydrogen) atoms. The number of aromatic nitrogens is 2. The zero-order valence-corrected chi connectivity index (χ0v) is 14.6. The summed E-state index contributed by atoms with van der Waals surface area (Å²) in [5.74, 6) is 0.692. The summed E-state index contributed by atoms with van der Waals surface area (Å²) in [6, 6.07) is 0. The van der Waals surface area contributed by atoms with Gasteiger partial charge < -0.3 is 4.57 Å². The van der Waals surface area contributed by atoms with Gasteiger partial charge in [-0.05, 0) is 20.8 Å². The maximum Gasteiger partial charge on any atom is 0.260 e. The number of nitrogens with one attached hydrogen (secondary N) is 1. The predicted octanol–water partition coefficient (Wildman–Crippen LogP) is 2.04. The molecule has 1 heterocycles. The SMILES string of the molecule is CCn1cc(S(=O)(=O)NC(C)(CBr)CBr)nc1C. The maximum atomic E-state index is 12.2. The molecule has 8 heteroatoms. The van der Waals surface area contributed by atoms with Gasteiger partial charge in [-0.15, -0.1) is 0 Å². The molecule has 0 aliphatic rings. The summed E-state index contributed by atoms with van der Waals surface area (Å²) in [5.41, 5.74) is -0.581. The van der Waals surface area contributed by atoms with Gasteiger partial charge in [-0.25, -0.2) is 18.1 Å². The molecule has 0 saturated heterocycles. The van der Waals surface area contributed by atoms with Crippen molar-refractivity contribution in [2.24, 2.45) is 0 Å². The maximum absolute atomic E-state index is 12.2. The van der Waals surface area contributed by atoms with Crippen LogP contribution in [0.4, 0.5) is 0 Å². The molecule has 0 atom stereocenters. The van der Waals surface area contributed by atoms with E-state index in [0.717, 1.165) is 0 Å². The Bertz CT molecular complexity index is 509. The highest BCUT2D eigenvalue weighted by Crippen LogP contribution is 2.17. The number of hydrogen-bond donors (Lipinski definition) is 1. The lowest BCUT2D eigenvalue weighted by Crippen LogP contribution is -2.48. The highest BCUT2D eigenvalue weighted by molar-refractivity contribution is 9.09. The average Bonchev–Trinajstić information content (AvgIpc) is 2.70. The molecule has 1 rings (SSSR count). The number of sulfonamides is 1. The first-order chi connectivity index (χ1) is 8.28. The van der Waals surface area contributed by atoms with Crippen LogP contribution in [0.15, 0.2) is 11.2 Å². The summed E-state index contributed by atoms with van der Waals surface area (Å²) in [5, 5.41) is 1.09. The monoisotopic (exact) mass is 401 g/mol. The molecule has 1 aromatic rings. The first-order valence-corrected chi connectivity index (χ1v) is 9.20. The molecular formula is C10H17Br2N3O2S. The van der Waals surface area contributed by atoms with Gasteiger partial charge in [-0.3, -0.25) is 0 Å². The van der Waals surface area contributed by atoms with Crippen molar-refractivity contribution in [3.05, 3.63) is 12.0 Å². The largest absolute Gasteiger partial charge is 0.334 e. The molecule has 5 nitrogen and oxygen atoms in total. The second-order valence-electron chi connectivity index (χ2n) is 4.35. The quantitative estimate of drug-likeness (QED) is 0.740. The third kappa shape index (κ3) is 3.55. The minimum atomic E-state index is -3.60. The van der Waals surface area contributed by atoms with Gasteiger partial charge in [0.2, 0.25) is 0 Å². The van der Waals surface area contributed by atoms with E-state index in [0.29, 0.717) is 23.0 Å². The lowest BCUT2D eigenvalue weighted by atomic mass is 10.1. The summed E-state index contributed by atoms with van der Waals surface area (Å²) in [6.07, 6.45) is 1.56. The van der Waals surface area contributed by atoms with E-state index in [2.05, 4.69) is 41.6 Å². The van der Waals surface area contributed by atoms with Crippen molar-refractivity contribution >= 4 is 41.9 Å². The van der Waals surface area contributed by atoms with Crippen molar-refractivity contribution in [1.29, 1.82) is 0 Å². The van der Waals surface area contributed by atoms with Crippen molar-refractivity contribution in [2.45, 2.75) is 37.9 Å². The molecule has 0 aliphatic carbocycles. The third-order valence-electron chi connectivity index (χ3n) is 2.54. The molecule has 0 amide bonds. The Morgan fingerprint density at radius 2 is 2.00 bits per heavy atom. The van der Waals surface area contributed by atoms with E-state index >= 15 is 0 Å². The van der Waals surface area contributed by atoms with Crippen LogP contribution in [0.25, 0.3) is 0 Å². The van der Waals surface area contributed by atoms with Gasteiger partial charge in [0.15, 0.2) is 5.03 Å². The summed E-state index contributed by atoms with van der Waals surface area (Å²) >= 11 is 6.62. The molecule has 1 aromatic heterocycles. The van der Waals surface area contributed by atoms with Gasteiger partial charge in [0.1, 0.15) is 5.82 Å². The van der Waals surface area contributed by atoms with E-state index in [-0.39, 0.29) is 5.03 Å². The Balaban J connectivity index is 3.06. The molecule has 0 radical (unpaired) electrons. The standard InChI is InChI=1S/C10H17Br2N3O2S/c1-4-15-5-9(13-8(15)2)18(16,17)14-10(3,6-11)7-12/h5,14H,4,6-7H2,1-3H3. The zero-order valence-electron chi connectivity index (χ0n) is 10.6. The van der Waals surface area contributed by atoms with E-state index < -0.39 is 15.6 Å². The van der Waals surface area contributed by atoms with E-state index in [1.165, 1.54) is 0 Å².